The molecule has 0 bridgehead atoms. The van der Waals surface area contributed by atoms with Crippen LogP contribution in [0.15, 0.2) is 6.33 Å². The quantitative estimate of drug-likeness (QED) is 0.346. The van der Waals surface area contributed by atoms with Crippen LogP contribution in [0.2, 0.25) is 0 Å². The number of hydrogen-bond donors (Lipinski definition) is 1. The molecule has 0 atom stereocenters. The molecule has 6 heteroatoms. The molecule has 0 aliphatic carbocycles. The highest BCUT2D eigenvalue weighted by atomic mass is 32.1. The third-order valence-electron chi connectivity index (χ3n) is 0.295. The van der Waals surface area contributed by atoms with E-state index in [1.807, 2.05) is 0 Å². The van der Waals surface area contributed by atoms with Crippen molar-refractivity contribution in [2.75, 3.05) is 0 Å². The van der Waals surface area contributed by atoms with Gasteiger partial charge in [-0.05, 0) is 0 Å². The average molecular weight is 129 g/mol. The van der Waals surface area contributed by atoms with E-state index in [9.17, 15) is 0 Å². The smallest absolute Gasteiger partial charge is 0.286 e. The standard InChI is InChI=1S/CH2N4.CHNS/c1-2-4-5-3-1;2-1-3/h1H,(H,2,3,4,5);3H. The van der Waals surface area contributed by atoms with E-state index in [4.69, 9.17) is 5.26 Å². The monoisotopic (exact) mass is 129 g/mol. The topological polar surface area (TPSA) is 79.5 Å². The van der Waals surface area contributed by atoms with Gasteiger partial charge in [0.1, 0.15) is 5.10 Å². The Bertz CT molecular complexity index is 123. The van der Waals surface area contributed by atoms with E-state index in [0.29, 0.717) is 0 Å². The summed E-state index contributed by atoms with van der Waals surface area (Å²) in [5.41, 5.74) is 0. The van der Waals surface area contributed by atoms with Crippen LogP contribution < -0.4 is 5.10 Å². The lowest BCUT2D eigenvalue weighted by Crippen LogP contribution is -1.97. The molecule has 1 rings (SSSR count). The van der Waals surface area contributed by atoms with E-state index in [-0.39, 0.29) is 0 Å². The Morgan fingerprint density at radius 1 is 1.88 bits per heavy atom. The lowest BCUT2D eigenvalue weighted by atomic mass is 11.4. The molecule has 0 amide bonds. The number of aromatic nitrogens is 4. The predicted octanol–water partition coefficient (Wildman–Crippen LogP) is -1.37. The van der Waals surface area contributed by atoms with Gasteiger partial charge in [-0.3, -0.25) is 0 Å². The van der Waals surface area contributed by atoms with Crippen LogP contribution in [0.25, 0.3) is 0 Å². The molecule has 0 unspecified atom stereocenters. The molecule has 2 N–H and O–H groups in total. The molecule has 0 aromatic carbocycles. The predicted molar refractivity (Wildman–Crippen MR) is 25.9 cm³/mol. The number of thiocyanates is 1. The van der Waals surface area contributed by atoms with Crippen LogP contribution in [0, 0.1) is 10.7 Å². The van der Waals surface area contributed by atoms with Crippen molar-refractivity contribution in [3.63, 3.8) is 0 Å². The van der Waals surface area contributed by atoms with Gasteiger partial charge in [0.15, 0.2) is 5.21 Å². The van der Waals surface area contributed by atoms with Crippen LogP contribution in [0.3, 0.4) is 0 Å². The highest BCUT2D eigenvalue weighted by molar-refractivity contribution is 7.64. The SMILES string of the molecule is N#C[S-].c1nn[nH][nH+]1. The summed E-state index contributed by atoms with van der Waals surface area (Å²) in [6.07, 6.45) is 1.46. The summed E-state index contributed by atoms with van der Waals surface area (Å²) in [6.45, 7) is 0. The summed E-state index contributed by atoms with van der Waals surface area (Å²) in [6, 6.07) is 0. The summed E-state index contributed by atoms with van der Waals surface area (Å²) in [7, 11) is 0. The second-order valence-electron chi connectivity index (χ2n) is 0.692. The van der Waals surface area contributed by atoms with E-state index in [0.717, 1.165) is 0 Å². The molecule has 0 radical (unpaired) electrons. The van der Waals surface area contributed by atoms with E-state index in [1.54, 1.807) is 0 Å². The largest absolute Gasteiger partial charge is 0.696 e. The molecule has 8 heavy (non-hydrogen) atoms. The summed E-state index contributed by atoms with van der Waals surface area (Å²) < 4.78 is 0. The lowest BCUT2D eigenvalue weighted by Gasteiger charge is -1.53. The van der Waals surface area contributed by atoms with Crippen molar-refractivity contribution in [3.8, 4) is 5.40 Å². The number of H-pyrrole nitrogens is 2. The molecule has 0 aliphatic heterocycles. The van der Waals surface area contributed by atoms with Gasteiger partial charge < -0.3 is 12.6 Å². The minimum Gasteiger partial charge on any atom is -0.696 e. The maximum absolute atomic E-state index is 7.13. The van der Waals surface area contributed by atoms with Gasteiger partial charge in [0.2, 0.25) is 0 Å². The molecule has 0 spiro atoms. The zero-order valence-corrected chi connectivity index (χ0v) is 4.64. The first kappa shape index (κ1) is 6.78. The third kappa shape index (κ3) is 4.78. The van der Waals surface area contributed by atoms with Gasteiger partial charge in [0.25, 0.3) is 6.33 Å². The van der Waals surface area contributed by atoms with Crippen molar-refractivity contribution in [1.82, 2.24) is 15.5 Å². The van der Waals surface area contributed by atoms with Crippen LogP contribution in [0.1, 0.15) is 0 Å². The second kappa shape index (κ2) is 5.78. The normalized spacial score (nSPS) is 5.88. The van der Waals surface area contributed by atoms with Crippen molar-refractivity contribution < 1.29 is 5.10 Å². The highest BCUT2D eigenvalue weighted by Crippen LogP contribution is 1.32. The summed E-state index contributed by atoms with van der Waals surface area (Å²) in [4.78, 5) is 0. The molecule has 1 aromatic rings. The Hall–Kier alpha value is -1.22. The fourth-order valence-corrected chi connectivity index (χ4v) is 0.144. The number of nitrogens with one attached hydrogen (secondary N) is 2. The van der Waals surface area contributed by atoms with Gasteiger partial charge in [-0.2, -0.15) is 5.10 Å². The Kier molecular flexibility index (Phi) is 4.90. The van der Waals surface area contributed by atoms with E-state index >= 15 is 0 Å². The highest BCUT2D eigenvalue weighted by Gasteiger charge is 1.71. The molecule has 5 nitrogen and oxygen atoms in total. The first-order chi connectivity index (χ1) is 3.91. The van der Waals surface area contributed by atoms with Gasteiger partial charge in [-0.1, -0.05) is 10.6 Å². The van der Waals surface area contributed by atoms with Crippen LogP contribution in [-0.4, -0.2) is 15.5 Å². The van der Waals surface area contributed by atoms with Crippen molar-refractivity contribution >= 4 is 12.6 Å². The van der Waals surface area contributed by atoms with Crippen molar-refractivity contribution in [2.24, 2.45) is 0 Å². The number of aromatic amines is 2. The Morgan fingerprint density at radius 2 is 2.50 bits per heavy atom. The third-order valence-corrected chi connectivity index (χ3v) is 0.295. The second-order valence-corrected chi connectivity index (χ2v) is 0.875. The first-order valence-electron chi connectivity index (χ1n) is 1.65. The van der Waals surface area contributed by atoms with E-state index in [2.05, 4.69) is 33.3 Å². The maximum Gasteiger partial charge on any atom is 0.286 e. The average Bonchev–Trinajstić information content (AvgIpc) is 2.17. The minimum atomic E-state index is 1.33. The number of tetrazole rings is 1. The van der Waals surface area contributed by atoms with E-state index in [1.165, 1.54) is 11.7 Å². The number of nitrogens with zero attached hydrogens (tertiary/aromatic N) is 3. The van der Waals surface area contributed by atoms with Gasteiger partial charge in [-0.15, -0.1) is 0 Å². The number of hydrogen-bond acceptors (Lipinski definition) is 4. The van der Waals surface area contributed by atoms with Crippen molar-refractivity contribution in [1.29, 1.82) is 5.26 Å². The first-order valence-corrected chi connectivity index (χ1v) is 2.06. The van der Waals surface area contributed by atoms with Gasteiger partial charge >= 0.3 is 0 Å². The molecule has 1 heterocycles. The molecule has 0 saturated heterocycles. The van der Waals surface area contributed by atoms with Crippen molar-refractivity contribution in [3.05, 3.63) is 6.33 Å². The molecule has 1 aromatic heterocycles. The number of nitriles is 1. The van der Waals surface area contributed by atoms with Gasteiger partial charge in [0.05, 0.1) is 0 Å². The molecular weight excluding hydrogens is 126 g/mol. The Labute approximate surface area is 51.1 Å². The minimum absolute atomic E-state index is 1.33. The van der Waals surface area contributed by atoms with Gasteiger partial charge in [-0.25, -0.2) is 5.26 Å². The van der Waals surface area contributed by atoms with Crippen molar-refractivity contribution in [2.45, 2.75) is 0 Å². The zero-order chi connectivity index (χ0) is 6.24. The van der Waals surface area contributed by atoms with Crippen LogP contribution >= 0.6 is 0 Å². The Morgan fingerprint density at radius 3 is 2.62 bits per heavy atom. The van der Waals surface area contributed by atoms with Crippen LogP contribution in [0.5, 0.6) is 0 Å². The summed E-state index contributed by atoms with van der Waals surface area (Å²) >= 11 is 3.70. The van der Waals surface area contributed by atoms with Crippen LogP contribution in [-0.2, 0) is 12.6 Å². The molecule has 0 saturated carbocycles. The fourth-order valence-electron chi connectivity index (χ4n) is 0.144. The molecule has 42 valence electrons. The number of rotatable bonds is 0. The molecule has 0 fully saturated rings. The lowest BCUT2D eigenvalue weighted by molar-refractivity contribution is -0.456. The van der Waals surface area contributed by atoms with E-state index < -0.39 is 0 Å². The fraction of sp³-hybridized carbons (Fsp3) is 0. The van der Waals surface area contributed by atoms with Crippen LogP contribution in [0.4, 0.5) is 0 Å². The van der Waals surface area contributed by atoms with Gasteiger partial charge in [0, 0.05) is 0 Å². The summed E-state index contributed by atoms with van der Waals surface area (Å²) in [5.74, 6) is 0. The molecular formula is C2H3N5S. The summed E-state index contributed by atoms with van der Waals surface area (Å²) in [5, 5.41) is 20.0. The zero-order valence-electron chi connectivity index (χ0n) is 3.83. The molecule has 0 aliphatic rings. The maximum atomic E-state index is 7.13. The Balaban J connectivity index is 0.000000145.